The van der Waals surface area contributed by atoms with Crippen LogP contribution in [0.5, 0.6) is 5.75 Å². The Morgan fingerprint density at radius 3 is 2.94 bits per heavy atom. The molecule has 0 aromatic heterocycles. The average molecular weight is 270 g/mol. The maximum absolute atomic E-state index is 12.3. The van der Waals surface area contributed by atoms with Gasteiger partial charge in [0.2, 0.25) is 0 Å². The smallest absolute Gasteiger partial charge is 0.258 e. The lowest BCUT2D eigenvalue weighted by molar-refractivity contribution is 0.0645. The minimum atomic E-state index is -0.279. The summed E-state index contributed by atoms with van der Waals surface area (Å²) in [5.74, 6) is -0.0979. The van der Waals surface area contributed by atoms with E-state index in [1.165, 1.54) is 18.2 Å². The number of aromatic hydroxyl groups is 1. The Morgan fingerprint density at radius 1 is 1.56 bits per heavy atom. The van der Waals surface area contributed by atoms with Crippen molar-refractivity contribution in [3.63, 3.8) is 0 Å². The van der Waals surface area contributed by atoms with Crippen LogP contribution in [0.3, 0.4) is 0 Å². The maximum Gasteiger partial charge on any atom is 0.258 e. The number of benzene rings is 1. The lowest BCUT2D eigenvalue weighted by atomic mass is 10.0. The van der Waals surface area contributed by atoms with Gasteiger partial charge in [-0.1, -0.05) is 18.5 Å². The Hall–Kier alpha value is -1.26. The highest BCUT2D eigenvalue weighted by atomic mass is 35.5. The van der Waals surface area contributed by atoms with Crippen LogP contribution in [0.1, 0.15) is 23.7 Å². The highest BCUT2D eigenvalue weighted by Crippen LogP contribution is 2.29. The van der Waals surface area contributed by atoms with Crippen molar-refractivity contribution in [3.05, 3.63) is 28.8 Å². The SMILES string of the molecule is CC1CCN(C(=O)c2cc(Cl)ccc2O)C1CO. The van der Waals surface area contributed by atoms with E-state index in [1.54, 1.807) is 4.90 Å². The molecule has 2 N–H and O–H groups in total. The summed E-state index contributed by atoms with van der Waals surface area (Å²) in [6.07, 6.45) is 0.859. The molecule has 0 radical (unpaired) electrons. The van der Waals surface area contributed by atoms with Gasteiger partial charge in [0.15, 0.2) is 0 Å². The topological polar surface area (TPSA) is 60.8 Å². The summed E-state index contributed by atoms with van der Waals surface area (Å²) in [7, 11) is 0. The summed E-state index contributed by atoms with van der Waals surface area (Å²) in [6, 6.07) is 4.21. The molecule has 1 amide bonds. The van der Waals surface area contributed by atoms with E-state index in [0.717, 1.165) is 6.42 Å². The molecule has 1 heterocycles. The molecule has 1 aromatic rings. The predicted octanol–water partition coefficient (Wildman–Crippen LogP) is 1.89. The lowest BCUT2D eigenvalue weighted by Crippen LogP contribution is -2.39. The Labute approximate surface area is 111 Å². The first-order valence-corrected chi connectivity index (χ1v) is 6.32. The van der Waals surface area contributed by atoms with Crippen LogP contribution in [-0.2, 0) is 0 Å². The molecule has 1 aliphatic rings. The quantitative estimate of drug-likeness (QED) is 0.862. The summed E-state index contributed by atoms with van der Waals surface area (Å²) in [4.78, 5) is 13.9. The molecule has 1 aromatic carbocycles. The van der Waals surface area contributed by atoms with Crippen molar-refractivity contribution in [1.82, 2.24) is 4.90 Å². The molecule has 1 saturated heterocycles. The molecule has 0 spiro atoms. The van der Waals surface area contributed by atoms with Crippen molar-refractivity contribution in [1.29, 1.82) is 0 Å². The largest absolute Gasteiger partial charge is 0.507 e. The zero-order valence-corrected chi connectivity index (χ0v) is 10.9. The molecule has 5 heteroatoms. The Bertz CT molecular complexity index is 464. The zero-order chi connectivity index (χ0) is 13.3. The number of carbonyl (C=O) groups excluding carboxylic acids is 1. The molecule has 2 atom stereocenters. The van der Waals surface area contributed by atoms with E-state index >= 15 is 0 Å². The van der Waals surface area contributed by atoms with Crippen molar-refractivity contribution in [2.24, 2.45) is 5.92 Å². The molecule has 4 nitrogen and oxygen atoms in total. The number of phenols is 1. The molecule has 98 valence electrons. The maximum atomic E-state index is 12.3. The number of carbonyl (C=O) groups is 1. The first kappa shape index (κ1) is 13.2. The van der Waals surface area contributed by atoms with Gasteiger partial charge in [-0.15, -0.1) is 0 Å². The first-order chi connectivity index (χ1) is 8.54. The van der Waals surface area contributed by atoms with Crippen LogP contribution in [0.2, 0.25) is 5.02 Å². The fourth-order valence-electron chi connectivity index (χ4n) is 2.37. The standard InChI is InChI=1S/C13H16ClNO3/c1-8-4-5-15(11(8)7-16)13(18)10-6-9(14)2-3-12(10)17/h2-3,6,8,11,16-17H,4-5,7H2,1H3. The normalized spacial score (nSPS) is 23.4. The first-order valence-electron chi connectivity index (χ1n) is 5.95. The fraction of sp³-hybridized carbons (Fsp3) is 0.462. The monoisotopic (exact) mass is 269 g/mol. The van der Waals surface area contributed by atoms with Crippen molar-refractivity contribution in [2.75, 3.05) is 13.2 Å². The Morgan fingerprint density at radius 2 is 2.28 bits per heavy atom. The van der Waals surface area contributed by atoms with E-state index in [9.17, 15) is 15.0 Å². The predicted molar refractivity (Wildman–Crippen MR) is 68.8 cm³/mol. The summed E-state index contributed by atoms with van der Waals surface area (Å²) >= 11 is 5.84. The number of likely N-dealkylation sites (tertiary alicyclic amines) is 1. The summed E-state index contributed by atoms with van der Waals surface area (Å²) in [5.41, 5.74) is 0.190. The van der Waals surface area contributed by atoms with Gasteiger partial charge in [0, 0.05) is 11.6 Å². The van der Waals surface area contributed by atoms with E-state index in [-0.39, 0.29) is 35.8 Å². The van der Waals surface area contributed by atoms with Crippen LogP contribution in [0.4, 0.5) is 0 Å². The van der Waals surface area contributed by atoms with Crippen molar-refractivity contribution >= 4 is 17.5 Å². The van der Waals surface area contributed by atoms with E-state index in [1.807, 2.05) is 6.92 Å². The van der Waals surface area contributed by atoms with Gasteiger partial charge in [-0.05, 0) is 30.5 Å². The fourth-order valence-corrected chi connectivity index (χ4v) is 2.55. The van der Waals surface area contributed by atoms with Crippen LogP contribution < -0.4 is 0 Å². The van der Waals surface area contributed by atoms with Crippen molar-refractivity contribution < 1.29 is 15.0 Å². The molecule has 0 aliphatic carbocycles. The highest BCUT2D eigenvalue weighted by molar-refractivity contribution is 6.31. The molecular formula is C13H16ClNO3. The Balaban J connectivity index is 2.28. The van der Waals surface area contributed by atoms with Gasteiger partial charge < -0.3 is 15.1 Å². The van der Waals surface area contributed by atoms with Crippen molar-refractivity contribution in [2.45, 2.75) is 19.4 Å². The van der Waals surface area contributed by atoms with Gasteiger partial charge in [-0.2, -0.15) is 0 Å². The summed E-state index contributed by atoms with van der Waals surface area (Å²) < 4.78 is 0. The van der Waals surface area contributed by atoms with Gasteiger partial charge in [-0.25, -0.2) is 0 Å². The van der Waals surface area contributed by atoms with E-state index in [4.69, 9.17) is 11.6 Å². The molecule has 2 rings (SSSR count). The minimum Gasteiger partial charge on any atom is -0.507 e. The molecule has 1 fully saturated rings. The van der Waals surface area contributed by atoms with Crippen LogP contribution in [0, 0.1) is 5.92 Å². The van der Waals surface area contributed by atoms with Crippen LogP contribution in [0.25, 0.3) is 0 Å². The van der Waals surface area contributed by atoms with Gasteiger partial charge in [0.05, 0.1) is 18.2 Å². The number of hydrogen-bond donors (Lipinski definition) is 2. The number of aliphatic hydroxyl groups excluding tert-OH is 1. The second-order valence-corrected chi connectivity index (χ2v) is 5.11. The number of amides is 1. The summed E-state index contributed by atoms with van der Waals surface area (Å²) in [5, 5.41) is 19.5. The molecule has 0 bridgehead atoms. The van der Waals surface area contributed by atoms with Gasteiger partial charge in [0.1, 0.15) is 5.75 Å². The molecule has 2 unspecified atom stereocenters. The number of halogens is 1. The minimum absolute atomic E-state index is 0.0613. The van der Waals surface area contributed by atoms with Crippen molar-refractivity contribution in [3.8, 4) is 5.75 Å². The van der Waals surface area contributed by atoms with E-state index in [0.29, 0.717) is 11.6 Å². The second-order valence-electron chi connectivity index (χ2n) is 4.68. The van der Waals surface area contributed by atoms with Gasteiger partial charge in [0.25, 0.3) is 5.91 Å². The molecule has 0 saturated carbocycles. The van der Waals surface area contributed by atoms with E-state index < -0.39 is 0 Å². The molecule has 1 aliphatic heterocycles. The lowest BCUT2D eigenvalue weighted by Gasteiger charge is -2.25. The van der Waals surface area contributed by atoms with Crippen LogP contribution in [-0.4, -0.2) is 40.2 Å². The second kappa shape index (κ2) is 5.16. The van der Waals surface area contributed by atoms with E-state index in [2.05, 4.69) is 0 Å². The average Bonchev–Trinajstić information content (AvgIpc) is 2.72. The third-order valence-corrected chi connectivity index (χ3v) is 3.75. The number of hydrogen-bond acceptors (Lipinski definition) is 3. The number of nitrogens with zero attached hydrogens (tertiary/aromatic N) is 1. The van der Waals surface area contributed by atoms with Crippen LogP contribution >= 0.6 is 11.6 Å². The third kappa shape index (κ3) is 2.31. The highest BCUT2D eigenvalue weighted by Gasteiger charge is 2.35. The number of aliphatic hydroxyl groups is 1. The summed E-state index contributed by atoms with van der Waals surface area (Å²) in [6.45, 7) is 2.54. The van der Waals surface area contributed by atoms with Gasteiger partial charge in [-0.3, -0.25) is 4.79 Å². The molecule has 18 heavy (non-hydrogen) atoms. The molecular weight excluding hydrogens is 254 g/mol. The van der Waals surface area contributed by atoms with Crippen LogP contribution in [0.15, 0.2) is 18.2 Å². The van der Waals surface area contributed by atoms with Gasteiger partial charge >= 0.3 is 0 Å². The number of phenolic OH excluding ortho intramolecular Hbond substituents is 1. The zero-order valence-electron chi connectivity index (χ0n) is 10.1. The number of rotatable bonds is 2. The Kier molecular flexibility index (Phi) is 3.78. The third-order valence-electron chi connectivity index (χ3n) is 3.52.